The van der Waals surface area contributed by atoms with Crippen molar-refractivity contribution in [1.82, 2.24) is 0 Å². The molecule has 0 nitrogen and oxygen atoms in total. The molecule has 0 spiro atoms. The largest absolute Gasteiger partial charge is 0.383 e. The van der Waals surface area contributed by atoms with Gasteiger partial charge < -0.3 is 4.32 Å². The van der Waals surface area contributed by atoms with Gasteiger partial charge >= 0.3 is 7.56 Å². The van der Waals surface area contributed by atoms with E-state index in [1.54, 1.807) is 6.08 Å². The molecular formula is C4H7BF. The van der Waals surface area contributed by atoms with Crippen molar-refractivity contribution in [2.45, 2.75) is 13.3 Å². The van der Waals surface area contributed by atoms with E-state index in [4.69, 9.17) is 0 Å². The van der Waals surface area contributed by atoms with Crippen molar-refractivity contribution in [2.75, 3.05) is 0 Å². The van der Waals surface area contributed by atoms with Gasteiger partial charge in [-0.25, -0.2) is 0 Å². The molecule has 0 N–H and O–H groups in total. The molecule has 0 aliphatic carbocycles. The molecule has 0 aromatic carbocycles. The van der Waals surface area contributed by atoms with Crippen molar-refractivity contribution in [1.29, 1.82) is 0 Å². The van der Waals surface area contributed by atoms with Crippen LogP contribution in [0.3, 0.4) is 0 Å². The van der Waals surface area contributed by atoms with E-state index in [9.17, 15) is 4.32 Å². The van der Waals surface area contributed by atoms with Gasteiger partial charge in [-0.15, -0.1) is 0 Å². The van der Waals surface area contributed by atoms with Crippen LogP contribution in [-0.2, 0) is 0 Å². The van der Waals surface area contributed by atoms with Crippen LogP contribution in [0, 0.1) is 0 Å². The normalized spacial score (nSPS) is 9.67. The fraction of sp³-hybridized carbons (Fsp3) is 0.500. The quantitative estimate of drug-likeness (QED) is 0.445. The molecule has 0 aliphatic heterocycles. The molecule has 2 heteroatoms. The summed E-state index contributed by atoms with van der Waals surface area (Å²) in [5.74, 6) is 1.39. The highest BCUT2D eigenvalue weighted by Gasteiger charge is 1.69. The molecular weight excluding hydrogens is 77.9 g/mol. The van der Waals surface area contributed by atoms with Crippen LogP contribution in [0.15, 0.2) is 12.1 Å². The third kappa shape index (κ3) is 3.73. The van der Waals surface area contributed by atoms with Crippen molar-refractivity contribution in [3.8, 4) is 0 Å². The van der Waals surface area contributed by atoms with E-state index in [-0.39, 0.29) is 0 Å². The first-order valence-electron chi connectivity index (χ1n) is 2.00. The molecule has 0 aliphatic rings. The van der Waals surface area contributed by atoms with Crippen LogP contribution in [0.4, 0.5) is 4.32 Å². The minimum absolute atomic E-state index is 0.531. The lowest BCUT2D eigenvalue weighted by Gasteiger charge is -1.68. The van der Waals surface area contributed by atoms with Gasteiger partial charge in [0.1, 0.15) is 0 Å². The molecule has 0 bridgehead atoms. The minimum atomic E-state index is 0.531. The zero-order chi connectivity index (χ0) is 4.83. The lowest BCUT2D eigenvalue weighted by Crippen LogP contribution is -1.64. The fourth-order valence-corrected chi connectivity index (χ4v) is 0.188. The van der Waals surface area contributed by atoms with Crippen LogP contribution >= 0.6 is 0 Å². The van der Waals surface area contributed by atoms with Crippen molar-refractivity contribution in [3.63, 3.8) is 0 Å². The molecule has 0 aromatic heterocycles. The Bertz CT molecular complexity index is 36.8. The third-order valence-corrected chi connectivity index (χ3v) is 0.445. The van der Waals surface area contributed by atoms with Crippen molar-refractivity contribution < 1.29 is 4.32 Å². The van der Waals surface area contributed by atoms with Crippen LogP contribution in [0.25, 0.3) is 0 Å². The molecule has 0 atom stereocenters. The zero-order valence-electron chi connectivity index (χ0n) is 3.82. The highest BCUT2D eigenvalue weighted by Crippen LogP contribution is 1.75. The molecule has 0 saturated carbocycles. The summed E-state index contributed by atoms with van der Waals surface area (Å²) in [6.45, 7) is 1.96. The summed E-state index contributed by atoms with van der Waals surface area (Å²) >= 11 is 0. The van der Waals surface area contributed by atoms with Crippen LogP contribution in [0.5, 0.6) is 0 Å². The molecule has 0 unspecified atom stereocenters. The van der Waals surface area contributed by atoms with Gasteiger partial charge in [0.25, 0.3) is 0 Å². The maximum absolute atomic E-state index is 11.0. The van der Waals surface area contributed by atoms with Crippen molar-refractivity contribution in [3.05, 3.63) is 12.1 Å². The third-order valence-electron chi connectivity index (χ3n) is 0.445. The highest BCUT2D eigenvalue weighted by molar-refractivity contribution is 6.33. The predicted molar refractivity (Wildman–Crippen MR) is 26.3 cm³/mol. The number of rotatable bonds is 2. The Morgan fingerprint density at radius 2 is 2.50 bits per heavy atom. The monoisotopic (exact) mass is 85.1 g/mol. The summed E-state index contributed by atoms with van der Waals surface area (Å²) in [5, 5.41) is 0. The van der Waals surface area contributed by atoms with Crippen molar-refractivity contribution in [2.24, 2.45) is 0 Å². The molecule has 6 heavy (non-hydrogen) atoms. The second-order valence-corrected chi connectivity index (χ2v) is 0.962. The Labute approximate surface area is 38.3 Å². The van der Waals surface area contributed by atoms with Gasteiger partial charge in [0.2, 0.25) is 0 Å². The summed E-state index contributed by atoms with van der Waals surface area (Å²) in [6.07, 6.45) is 2.65. The summed E-state index contributed by atoms with van der Waals surface area (Å²) in [5.41, 5.74) is 0. The van der Waals surface area contributed by atoms with E-state index >= 15 is 0 Å². The van der Waals surface area contributed by atoms with Gasteiger partial charge in [-0.05, 0) is 6.42 Å². The maximum Gasteiger partial charge on any atom is 0.383 e. The number of hydrogen-bond donors (Lipinski definition) is 0. The number of allylic oxidation sites excluding steroid dienone is 1. The molecule has 0 amide bonds. The zero-order valence-corrected chi connectivity index (χ0v) is 3.82. The summed E-state index contributed by atoms with van der Waals surface area (Å²) in [7, 11) is 0.531. The smallest absolute Gasteiger partial charge is 0.336 e. The molecule has 0 aromatic rings. The second kappa shape index (κ2) is 4.73. The van der Waals surface area contributed by atoms with Gasteiger partial charge in [0.05, 0.1) is 0 Å². The lowest BCUT2D eigenvalue weighted by molar-refractivity contribution is 0.883. The average molecular weight is 84.9 g/mol. The Morgan fingerprint density at radius 3 is 2.67 bits per heavy atom. The first-order chi connectivity index (χ1) is 2.91. The molecule has 0 rings (SSSR count). The van der Waals surface area contributed by atoms with Gasteiger partial charge in [-0.3, -0.25) is 0 Å². The first-order valence-corrected chi connectivity index (χ1v) is 2.00. The van der Waals surface area contributed by atoms with E-state index in [0.717, 1.165) is 6.42 Å². The number of hydrogen-bond acceptors (Lipinski definition) is 0. The average Bonchev–Trinajstić information content (AvgIpc) is 1.61. The SMILES string of the molecule is CC/C=C\[B]F. The van der Waals surface area contributed by atoms with Gasteiger partial charge in [-0.1, -0.05) is 19.0 Å². The topological polar surface area (TPSA) is 0 Å². The molecule has 0 heterocycles. The summed E-state index contributed by atoms with van der Waals surface area (Å²) in [6, 6.07) is 0. The van der Waals surface area contributed by atoms with Crippen LogP contribution in [-0.4, -0.2) is 7.56 Å². The molecule has 0 fully saturated rings. The van der Waals surface area contributed by atoms with Crippen LogP contribution < -0.4 is 0 Å². The molecule has 1 radical (unpaired) electrons. The van der Waals surface area contributed by atoms with Gasteiger partial charge in [0.15, 0.2) is 0 Å². The highest BCUT2D eigenvalue weighted by atomic mass is 19.1. The number of halogens is 1. The standard InChI is InChI=1S/C4H7BF/c1-2-3-4-5-6/h3-4H,2H2,1H3/b4-3-. The Balaban J connectivity index is 2.73. The van der Waals surface area contributed by atoms with E-state index in [0.29, 0.717) is 7.56 Å². The van der Waals surface area contributed by atoms with E-state index < -0.39 is 0 Å². The Kier molecular flexibility index (Phi) is 4.53. The molecule has 33 valence electrons. The summed E-state index contributed by atoms with van der Waals surface area (Å²) in [4.78, 5) is 0. The lowest BCUT2D eigenvalue weighted by atomic mass is 10.1. The summed E-state index contributed by atoms with van der Waals surface area (Å²) < 4.78 is 11.0. The van der Waals surface area contributed by atoms with E-state index in [1.807, 2.05) is 6.92 Å². The minimum Gasteiger partial charge on any atom is -0.336 e. The molecule has 0 saturated heterocycles. The second-order valence-electron chi connectivity index (χ2n) is 0.962. The van der Waals surface area contributed by atoms with Gasteiger partial charge in [-0.2, -0.15) is 0 Å². The Hall–Kier alpha value is -0.265. The van der Waals surface area contributed by atoms with Crippen LogP contribution in [0.2, 0.25) is 0 Å². The Morgan fingerprint density at radius 1 is 1.83 bits per heavy atom. The van der Waals surface area contributed by atoms with E-state index in [1.165, 1.54) is 5.98 Å². The van der Waals surface area contributed by atoms with E-state index in [2.05, 4.69) is 0 Å². The first kappa shape index (κ1) is 5.73. The van der Waals surface area contributed by atoms with Gasteiger partial charge in [0, 0.05) is 0 Å². The van der Waals surface area contributed by atoms with Crippen LogP contribution in [0.1, 0.15) is 13.3 Å². The van der Waals surface area contributed by atoms with Crippen molar-refractivity contribution >= 4 is 7.56 Å². The predicted octanol–water partition coefficient (Wildman–Crippen LogP) is 1.50. The fourth-order valence-electron chi connectivity index (χ4n) is 0.188. The maximum atomic E-state index is 11.0.